The molecule has 2 rings (SSSR count). The maximum absolute atomic E-state index is 3.40. The number of allylic oxidation sites excluding steroid dienone is 1. The first-order valence-electron chi connectivity index (χ1n) is 6.06. The van der Waals surface area contributed by atoms with Crippen LogP contribution in [0, 0.1) is 0 Å². The normalized spacial score (nSPS) is 24.9. The maximum Gasteiger partial charge on any atom is 0.0351 e. The van der Waals surface area contributed by atoms with Crippen molar-refractivity contribution in [2.24, 2.45) is 0 Å². The lowest BCUT2D eigenvalue weighted by molar-refractivity contribution is 0.0349. The molecule has 1 N–H and O–H groups in total. The van der Waals surface area contributed by atoms with E-state index in [2.05, 4.69) is 35.0 Å². The third-order valence-electron chi connectivity index (χ3n) is 3.36. The van der Waals surface area contributed by atoms with Crippen LogP contribution < -0.4 is 5.32 Å². The molecule has 3 nitrogen and oxygen atoms in total. The van der Waals surface area contributed by atoms with E-state index in [4.69, 9.17) is 0 Å². The van der Waals surface area contributed by atoms with Crippen LogP contribution in [0.15, 0.2) is 11.6 Å². The average Bonchev–Trinajstić information content (AvgIpc) is 2.16. The molecular formula is C12H23N3. The van der Waals surface area contributed by atoms with Crippen molar-refractivity contribution < 1.29 is 0 Å². The Balaban J connectivity index is 1.66. The molecule has 0 aliphatic carbocycles. The molecule has 86 valence electrons. The van der Waals surface area contributed by atoms with Gasteiger partial charge in [0.05, 0.1) is 0 Å². The van der Waals surface area contributed by atoms with E-state index in [0.717, 1.165) is 12.6 Å². The SMILES string of the molecule is CC(C)=CCN1CC(N2CCNCC2)C1. The van der Waals surface area contributed by atoms with Crippen molar-refractivity contribution in [2.45, 2.75) is 19.9 Å². The van der Waals surface area contributed by atoms with Gasteiger partial charge in [-0.2, -0.15) is 0 Å². The Bertz CT molecular complexity index is 221. The molecule has 0 atom stereocenters. The second-order valence-corrected chi connectivity index (χ2v) is 4.94. The van der Waals surface area contributed by atoms with Crippen LogP contribution in [0.4, 0.5) is 0 Å². The summed E-state index contributed by atoms with van der Waals surface area (Å²) in [4.78, 5) is 5.16. The summed E-state index contributed by atoms with van der Waals surface area (Å²) in [5.41, 5.74) is 1.43. The minimum Gasteiger partial charge on any atom is -0.314 e. The lowest BCUT2D eigenvalue weighted by Crippen LogP contribution is -2.62. The number of hydrogen-bond acceptors (Lipinski definition) is 3. The molecule has 0 amide bonds. The molecule has 0 spiro atoms. The van der Waals surface area contributed by atoms with Crippen LogP contribution in [0.3, 0.4) is 0 Å². The van der Waals surface area contributed by atoms with E-state index in [9.17, 15) is 0 Å². The summed E-state index contributed by atoms with van der Waals surface area (Å²) in [6.07, 6.45) is 2.33. The minimum atomic E-state index is 0.831. The molecule has 2 aliphatic rings. The van der Waals surface area contributed by atoms with Gasteiger partial charge in [-0.1, -0.05) is 11.6 Å². The predicted molar refractivity (Wildman–Crippen MR) is 64.1 cm³/mol. The van der Waals surface area contributed by atoms with Crippen LogP contribution in [0.5, 0.6) is 0 Å². The number of piperazine rings is 1. The highest BCUT2D eigenvalue weighted by molar-refractivity contribution is 4.99. The molecule has 0 saturated carbocycles. The molecule has 2 saturated heterocycles. The van der Waals surface area contributed by atoms with E-state index in [0.29, 0.717) is 0 Å². The first-order chi connectivity index (χ1) is 7.25. The zero-order valence-electron chi connectivity index (χ0n) is 10.00. The summed E-state index contributed by atoms with van der Waals surface area (Å²) in [6.45, 7) is 12.8. The second-order valence-electron chi connectivity index (χ2n) is 4.94. The largest absolute Gasteiger partial charge is 0.314 e. The Labute approximate surface area is 93.1 Å². The molecule has 2 heterocycles. The number of nitrogens with zero attached hydrogens (tertiary/aromatic N) is 2. The van der Waals surface area contributed by atoms with Gasteiger partial charge in [0.15, 0.2) is 0 Å². The van der Waals surface area contributed by atoms with Gasteiger partial charge in [-0.3, -0.25) is 9.80 Å². The van der Waals surface area contributed by atoms with E-state index >= 15 is 0 Å². The smallest absolute Gasteiger partial charge is 0.0351 e. The van der Waals surface area contributed by atoms with Gasteiger partial charge in [-0.15, -0.1) is 0 Å². The second kappa shape index (κ2) is 5.10. The van der Waals surface area contributed by atoms with Gasteiger partial charge < -0.3 is 5.32 Å². The van der Waals surface area contributed by atoms with Crippen molar-refractivity contribution in [3.8, 4) is 0 Å². The Kier molecular flexibility index (Phi) is 3.78. The van der Waals surface area contributed by atoms with Crippen molar-refractivity contribution in [3.63, 3.8) is 0 Å². The molecule has 0 aromatic rings. The molecule has 2 fully saturated rings. The first-order valence-corrected chi connectivity index (χ1v) is 6.06. The van der Waals surface area contributed by atoms with E-state index in [1.54, 1.807) is 0 Å². The third kappa shape index (κ3) is 3.03. The lowest BCUT2D eigenvalue weighted by atomic mass is 10.1. The van der Waals surface area contributed by atoms with Crippen LogP contribution in [0.1, 0.15) is 13.8 Å². The minimum absolute atomic E-state index is 0.831. The van der Waals surface area contributed by atoms with Gasteiger partial charge in [-0.05, 0) is 13.8 Å². The van der Waals surface area contributed by atoms with Crippen LogP contribution in [-0.2, 0) is 0 Å². The Morgan fingerprint density at radius 3 is 2.53 bits per heavy atom. The quantitative estimate of drug-likeness (QED) is 0.685. The van der Waals surface area contributed by atoms with Crippen LogP contribution in [-0.4, -0.2) is 61.7 Å². The molecule has 3 heteroatoms. The summed E-state index contributed by atoms with van der Waals surface area (Å²) >= 11 is 0. The van der Waals surface area contributed by atoms with Gasteiger partial charge in [0.1, 0.15) is 0 Å². The zero-order chi connectivity index (χ0) is 10.7. The van der Waals surface area contributed by atoms with E-state index in [1.807, 2.05) is 0 Å². The highest BCUT2D eigenvalue weighted by atomic mass is 15.3. The fourth-order valence-corrected chi connectivity index (χ4v) is 2.28. The van der Waals surface area contributed by atoms with Gasteiger partial charge in [-0.25, -0.2) is 0 Å². The van der Waals surface area contributed by atoms with Crippen LogP contribution >= 0.6 is 0 Å². The van der Waals surface area contributed by atoms with E-state index < -0.39 is 0 Å². The average molecular weight is 209 g/mol. The number of nitrogens with one attached hydrogen (secondary N) is 1. The topological polar surface area (TPSA) is 18.5 Å². The summed E-state index contributed by atoms with van der Waals surface area (Å²) in [5, 5.41) is 3.40. The number of likely N-dealkylation sites (tertiary alicyclic amines) is 1. The fraction of sp³-hybridized carbons (Fsp3) is 0.833. The molecule has 0 aromatic carbocycles. The highest BCUT2D eigenvalue weighted by Gasteiger charge is 2.31. The van der Waals surface area contributed by atoms with Crippen molar-refractivity contribution in [1.29, 1.82) is 0 Å². The maximum atomic E-state index is 3.40. The molecule has 0 unspecified atom stereocenters. The fourth-order valence-electron chi connectivity index (χ4n) is 2.28. The standard InChI is InChI=1S/C12H23N3/c1-11(2)3-6-14-9-12(10-14)15-7-4-13-5-8-15/h3,12-13H,4-10H2,1-2H3. The van der Waals surface area contributed by atoms with Gasteiger partial charge in [0.25, 0.3) is 0 Å². The van der Waals surface area contributed by atoms with Crippen molar-refractivity contribution >= 4 is 0 Å². The van der Waals surface area contributed by atoms with Gasteiger partial charge in [0, 0.05) is 51.9 Å². The molecule has 0 bridgehead atoms. The highest BCUT2D eigenvalue weighted by Crippen LogP contribution is 2.15. The van der Waals surface area contributed by atoms with Crippen LogP contribution in [0.25, 0.3) is 0 Å². The molecule has 0 aromatic heterocycles. The van der Waals surface area contributed by atoms with Gasteiger partial charge >= 0.3 is 0 Å². The summed E-state index contributed by atoms with van der Waals surface area (Å²) in [5.74, 6) is 0. The lowest BCUT2D eigenvalue weighted by Gasteiger charge is -2.46. The third-order valence-corrected chi connectivity index (χ3v) is 3.36. The Hall–Kier alpha value is -0.380. The van der Waals surface area contributed by atoms with Crippen molar-refractivity contribution in [1.82, 2.24) is 15.1 Å². The Morgan fingerprint density at radius 1 is 1.27 bits per heavy atom. The molecule has 15 heavy (non-hydrogen) atoms. The van der Waals surface area contributed by atoms with E-state index in [1.165, 1.54) is 44.8 Å². The molecule has 0 radical (unpaired) electrons. The summed E-state index contributed by atoms with van der Waals surface area (Å²) in [7, 11) is 0. The molecular weight excluding hydrogens is 186 g/mol. The monoisotopic (exact) mass is 209 g/mol. The van der Waals surface area contributed by atoms with Gasteiger partial charge in [0.2, 0.25) is 0 Å². The van der Waals surface area contributed by atoms with Crippen molar-refractivity contribution in [3.05, 3.63) is 11.6 Å². The molecule has 2 aliphatic heterocycles. The zero-order valence-corrected chi connectivity index (χ0v) is 10.00. The number of hydrogen-bond donors (Lipinski definition) is 1. The van der Waals surface area contributed by atoms with Crippen molar-refractivity contribution in [2.75, 3.05) is 45.8 Å². The predicted octanol–water partition coefficient (Wildman–Crippen LogP) is 0.542. The first kappa shape index (κ1) is 11.1. The summed E-state index contributed by atoms with van der Waals surface area (Å²) in [6, 6.07) is 0.831. The number of rotatable bonds is 3. The Morgan fingerprint density at radius 2 is 1.93 bits per heavy atom. The summed E-state index contributed by atoms with van der Waals surface area (Å²) < 4.78 is 0. The van der Waals surface area contributed by atoms with Crippen LogP contribution in [0.2, 0.25) is 0 Å². The van der Waals surface area contributed by atoms with E-state index in [-0.39, 0.29) is 0 Å².